The molecule has 0 amide bonds. The maximum absolute atomic E-state index is 12.6. The van der Waals surface area contributed by atoms with Gasteiger partial charge in [-0.3, -0.25) is 0 Å². The van der Waals surface area contributed by atoms with Gasteiger partial charge >= 0.3 is 6.18 Å². The maximum atomic E-state index is 12.6. The number of hydrogen-bond donors (Lipinski definition) is 1. The van der Waals surface area contributed by atoms with Gasteiger partial charge in [0.25, 0.3) is 0 Å². The van der Waals surface area contributed by atoms with E-state index in [0.29, 0.717) is 5.75 Å². The van der Waals surface area contributed by atoms with Crippen molar-refractivity contribution in [3.8, 4) is 0 Å². The van der Waals surface area contributed by atoms with Crippen LogP contribution in [0.2, 0.25) is 0 Å². The fraction of sp³-hybridized carbons (Fsp3) is 0.350. The minimum Gasteiger partial charge on any atom is -0.484 e. The number of para-hydroxylation sites is 2. The van der Waals surface area contributed by atoms with Gasteiger partial charge in [-0.1, -0.05) is 41.6 Å². The second-order valence-corrected chi connectivity index (χ2v) is 7.30. The number of nitrogens with one attached hydrogen (secondary N) is 1. The molecule has 2 aromatic rings. The fourth-order valence-electron chi connectivity index (χ4n) is 2.82. The van der Waals surface area contributed by atoms with Crippen LogP contribution in [0.5, 0.6) is 0 Å². The van der Waals surface area contributed by atoms with Crippen LogP contribution in [0, 0.1) is 0 Å². The lowest BCUT2D eigenvalue weighted by Gasteiger charge is -2.16. The second-order valence-electron chi connectivity index (χ2n) is 6.33. The summed E-state index contributed by atoms with van der Waals surface area (Å²) in [7, 11) is 0. The number of H-pyrrole nitrogens is 1. The zero-order valence-corrected chi connectivity index (χ0v) is 15.8. The van der Waals surface area contributed by atoms with Crippen molar-refractivity contribution in [1.29, 1.82) is 0 Å². The Morgan fingerprint density at radius 1 is 1.26 bits per heavy atom. The van der Waals surface area contributed by atoms with Crippen molar-refractivity contribution in [3.63, 3.8) is 0 Å². The van der Waals surface area contributed by atoms with Gasteiger partial charge in [0.15, 0.2) is 11.8 Å². The quantitative estimate of drug-likeness (QED) is 0.616. The molecular weight excluding hydrogens is 373 g/mol. The Kier molecular flexibility index (Phi) is 6.31. The highest BCUT2D eigenvalue weighted by Crippen LogP contribution is 2.29. The first-order valence-corrected chi connectivity index (χ1v) is 9.74. The largest absolute Gasteiger partial charge is 0.484 e. The minimum atomic E-state index is -4.35. The molecular formula is C20H21F3N2OS. The standard InChI is InChI=1S/C20H21F3N2OS/c1-14-15(12-27-19-24-16-9-6-7-10-17(16)25-19)8-4-2-3-5-11-18(14)26-13-20(21,22)23/h3,5-7,9-11H,2,4,8,12-13H2,1H3,(H,24,25)/b5-3+,15-14+,18-11+. The molecule has 0 spiro atoms. The average Bonchev–Trinajstić information content (AvgIpc) is 3.06. The van der Waals surface area contributed by atoms with Gasteiger partial charge < -0.3 is 9.72 Å². The summed E-state index contributed by atoms with van der Waals surface area (Å²) in [5, 5.41) is 0.802. The van der Waals surface area contributed by atoms with E-state index in [4.69, 9.17) is 4.74 Å². The number of alkyl halides is 3. The molecule has 0 saturated carbocycles. The molecule has 0 fully saturated rings. The van der Waals surface area contributed by atoms with Crippen LogP contribution in [0.3, 0.4) is 0 Å². The van der Waals surface area contributed by atoms with Gasteiger partial charge in [-0.05, 0) is 50.0 Å². The molecule has 7 heteroatoms. The van der Waals surface area contributed by atoms with Gasteiger partial charge in [0.2, 0.25) is 0 Å². The molecule has 1 aliphatic carbocycles. The first kappa shape index (κ1) is 19.6. The molecule has 1 aromatic carbocycles. The van der Waals surface area contributed by atoms with Crippen LogP contribution in [-0.2, 0) is 4.74 Å². The Balaban J connectivity index is 1.77. The van der Waals surface area contributed by atoms with E-state index in [9.17, 15) is 13.2 Å². The molecule has 0 aliphatic heterocycles. The molecule has 1 aliphatic rings. The Bertz CT molecular complexity index is 848. The number of aromatic nitrogens is 2. The van der Waals surface area contributed by atoms with E-state index in [2.05, 4.69) is 9.97 Å². The monoisotopic (exact) mass is 394 g/mol. The van der Waals surface area contributed by atoms with Crippen molar-refractivity contribution < 1.29 is 17.9 Å². The van der Waals surface area contributed by atoms with Crippen LogP contribution >= 0.6 is 11.8 Å². The third-order valence-corrected chi connectivity index (χ3v) is 5.23. The Hall–Kier alpha value is -2.15. The molecule has 0 radical (unpaired) electrons. The van der Waals surface area contributed by atoms with Crippen LogP contribution < -0.4 is 0 Å². The number of hydrogen-bond acceptors (Lipinski definition) is 3. The van der Waals surface area contributed by atoms with Crippen molar-refractivity contribution in [2.24, 2.45) is 0 Å². The first-order chi connectivity index (χ1) is 12.9. The molecule has 0 saturated heterocycles. The number of fused-ring (bicyclic) bond motifs is 1. The Labute approximate surface area is 160 Å². The number of ether oxygens (including phenoxy) is 1. The zero-order chi connectivity index (χ0) is 19.3. The van der Waals surface area contributed by atoms with E-state index in [1.165, 1.54) is 0 Å². The van der Waals surface area contributed by atoms with Crippen molar-refractivity contribution in [3.05, 3.63) is 59.4 Å². The van der Waals surface area contributed by atoms with E-state index in [-0.39, 0.29) is 5.76 Å². The summed E-state index contributed by atoms with van der Waals surface area (Å²) >= 11 is 1.56. The smallest absolute Gasteiger partial charge is 0.422 e. The number of thioether (sulfide) groups is 1. The van der Waals surface area contributed by atoms with Crippen LogP contribution in [0.1, 0.15) is 26.2 Å². The lowest BCUT2D eigenvalue weighted by atomic mass is 10.0. The van der Waals surface area contributed by atoms with E-state index >= 15 is 0 Å². The number of aromatic amines is 1. The number of benzene rings is 1. The third-order valence-electron chi connectivity index (χ3n) is 4.28. The molecule has 3 rings (SSSR count). The minimum absolute atomic E-state index is 0.283. The van der Waals surface area contributed by atoms with Gasteiger partial charge in [-0.25, -0.2) is 4.98 Å². The van der Waals surface area contributed by atoms with Gasteiger partial charge in [-0.15, -0.1) is 0 Å². The normalized spacial score (nSPS) is 21.9. The van der Waals surface area contributed by atoms with Crippen molar-refractivity contribution in [1.82, 2.24) is 9.97 Å². The number of nitrogens with zero attached hydrogens (tertiary/aromatic N) is 1. The van der Waals surface area contributed by atoms with Crippen LogP contribution in [0.25, 0.3) is 11.0 Å². The van der Waals surface area contributed by atoms with Crippen molar-refractivity contribution in [2.75, 3.05) is 12.4 Å². The Morgan fingerprint density at radius 2 is 2.07 bits per heavy atom. The topological polar surface area (TPSA) is 37.9 Å². The highest BCUT2D eigenvalue weighted by Gasteiger charge is 2.29. The highest BCUT2D eigenvalue weighted by molar-refractivity contribution is 7.99. The van der Waals surface area contributed by atoms with Gasteiger partial charge in [0.1, 0.15) is 5.76 Å². The molecule has 1 heterocycles. The summed E-state index contributed by atoms with van der Waals surface area (Å²) < 4.78 is 42.8. The Morgan fingerprint density at radius 3 is 2.85 bits per heavy atom. The van der Waals surface area contributed by atoms with Crippen molar-refractivity contribution >= 4 is 22.8 Å². The average molecular weight is 394 g/mol. The summed E-state index contributed by atoms with van der Waals surface area (Å²) in [6, 6.07) is 7.79. The van der Waals surface area contributed by atoms with Crippen LogP contribution in [0.4, 0.5) is 13.2 Å². The van der Waals surface area contributed by atoms with Gasteiger partial charge in [-0.2, -0.15) is 13.2 Å². The van der Waals surface area contributed by atoms with Gasteiger partial charge in [0.05, 0.1) is 11.0 Å². The summed E-state index contributed by atoms with van der Waals surface area (Å²) in [5.41, 5.74) is 3.73. The van der Waals surface area contributed by atoms with E-state index in [1.54, 1.807) is 23.9 Å². The SMILES string of the molecule is CC1=C(\CSc2nc3ccccc3[nH]2)CCC/C=C/C=C\1OCC(F)(F)F. The summed E-state index contributed by atoms with van der Waals surface area (Å²) in [6.45, 7) is 0.546. The number of rotatable bonds is 5. The lowest BCUT2D eigenvalue weighted by Crippen LogP contribution is -2.17. The van der Waals surface area contributed by atoms with E-state index in [0.717, 1.165) is 46.6 Å². The molecule has 3 nitrogen and oxygen atoms in total. The van der Waals surface area contributed by atoms with E-state index < -0.39 is 12.8 Å². The molecule has 1 aromatic heterocycles. The summed E-state index contributed by atoms with van der Waals surface area (Å²) in [6.07, 6.45) is 3.64. The predicted octanol–water partition coefficient (Wildman–Crippen LogP) is 6.17. The first-order valence-electron chi connectivity index (χ1n) is 8.75. The second kappa shape index (κ2) is 8.69. The number of imidazole rings is 1. The van der Waals surface area contributed by atoms with Gasteiger partial charge in [0, 0.05) is 5.75 Å². The third kappa shape index (κ3) is 5.66. The highest BCUT2D eigenvalue weighted by atomic mass is 32.2. The molecule has 0 bridgehead atoms. The molecule has 27 heavy (non-hydrogen) atoms. The maximum Gasteiger partial charge on any atom is 0.422 e. The summed E-state index contributed by atoms with van der Waals surface area (Å²) in [5.74, 6) is 0.934. The molecule has 144 valence electrons. The molecule has 0 atom stereocenters. The fourth-order valence-corrected chi connectivity index (χ4v) is 3.84. The van der Waals surface area contributed by atoms with Crippen molar-refractivity contribution in [2.45, 2.75) is 37.5 Å². The lowest BCUT2D eigenvalue weighted by molar-refractivity contribution is -0.164. The van der Waals surface area contributed by atoms with Crippen LogP contribution in [-0.4, -0.2) is 28.5 Å². The predicted molar refractivity (Wildman–Crippen MR) is 103 cm³/mol. The molecule has 1 N–H and O–H groups in total. The number of halogens is 3. The zero-order valence-electron chi connectivity index (χ0n) is 15.0. The summed E-state index contributed by atoms with van der Waals surface area (Å²) in [4.78, 5) is 7.82. The number of allylic oxidation sites excluding steroid dienone is 4. The molecule has 0 unspecified atom stereocenters. The van der Waals surface area contributed by atoms with E-state index in [1.807, 2.05) is 37.3 Å². The van der Waals surface area contributed by atoms with Crippen LogP contribution in [0.15, 0.2) is 64.6 Å².